The van der Waals surface area contributed by atoms with Gasteiger partial charge in [0.25, 0.3) is 5.91 Å². The van der Waals surface area contributed by atoms with Crippen molar-refractivity contribution in [3.05, 3.63) is 58.9 Å². The van der Waals surface area contributed by atoms with Crippen molar-refractivity contribution in [1.29, 1.82) is 0 Å². The lowest BCUT2D eigenvalue weighted by Crippen LogP contribution is -2.16. The normalized spacial score (nSPS) is 14.5. The summed E-state index contributed by atoms with van der Waals surface area (Å²) in [6.45, 7) is 1.56. The summed E-state index contributed by atoms with van der Waals surface area (Å²) in [4.78, 5) is 12.2. The predicted octanol–water partition coefficient (Wildman–Crippen LogP) is 2.91. The van der Waals surface area contributed by atoms with Crippen LogP contribution in [0.3, 0.4) is 0 Å². The number of nitrogens with one attached hydrogen (secondary N) is 1. The highest BCUT2D eigenvalue weighted by Gasteiger charge is 2.26. The average Bonchev–Trinajstić information content (AvgIpc) is 3.30. The number of primary sulfonamides is 1. The molecule has 3 rings (SSSR count). The predicted molar refractivity (Wildman–Crippen MR) is 88.9 cm³/mol. The highest BCUT2D eigenvalue weighted by molar-refractivity contribution is 7.89. The van der Waals surface area contributed by atoms with Gasteiger partial charge in [-0.2, -0.15) is 0 Å². The van der Waals surface area contributed by atoms with Crippen LogP contribution >= 0.6 is 0 Å². The quantitative estimate of drug-likeness (QED) is 0.890. The summed E-state index contributed by atoms with van der Waals surface area (Å²) < 4.78 is 36.8. The van der Waals surface area contributed by atoms with E-state index in [4.69, 9.17) is 5.14 Å². The Morgan fingerprint density at radius 1 is 1.21 bits per heavy atom. The molecule has 0 aliphatic heterocycles. The lowest BCUT2D eigenvalue weighted by atomic mass is 10.1. The number of amides is 1. The molecule has 0 atom stereocenters. The summed E-state index contributed by atoms with van der Waals surface area (Å²) in [5.74, 6) is -0.475. The Hall–Kier alpha value is -2.25. The maximum atomic E-state index is 14.0. The molecular formula is C17H17FN2O3S. The third kappa shape index (κ3) is 3.47. The molecule has 0 radical (unpaired) electrons. The van der Waals surface area contributed by atoms with Crippen LogP contribution in [0.15, 0.2) is 41.3 Å². The van der Waals surface area contributed by atoms with Gasteiger partial charge in [0.15, 0.2) is 0 Å². The SMILES string of the molecule is Cc1cc(C(=O)Nc2ccc(C3CC3)c(F)c2)ccc1S(N)(=O)=O. The molecule has 0 aromatic heterocycles. The average molecular weight is 348 g/mol. The van der Waals surface area contributed by atoms with Gasteiger partial charge in [-0.15, -0.1) is 0 Å². The number of sulfonamides is 1. The fraction of sp³-hybridized carbons (Fsp3) is 0.235. The first kappa shape index (κ1) is 16.6. The Morgan fingerprint density at radius 2 is 1.92 bits per heavy atom. The maximum absolute atomic E-state index is 14.0. The Labute approximate surface area is 139 Å². The van der Waals surface area contributed by atoms with Crippen LogP contribution in [0.2, 0.25) is 0 Å². The molecule has 24 heavy (non-hydrogen) atoms. The molecule has 7 heteroatoms. The molecule has 1 saturated carbocycles. The van der Waals surface area contributed by atoms with Crippen molar-refractivity contribution in [1.82, 2.24) is 0 Å². The summed E-state index contributed by atoms with van der Waals surface area (Å²) in [6.07, 6.45) is 2.00. The van der Waals surface area contributed by atoms with E-state index in [0.717, 1.165) is 12.8 Å². The van der Waals surface area contributed by atoms with Gasteiger partial charge >= 0.3 is 0 Å². The van der Waals surface area contributed by atoms with Crippen molar-refractivity contribution in [3.8, 4) is 0 Å². The highest BCUT2D eigenvalue weighted by Crippen LogP contribution is 2.41. The number of nitrogens with two attached hydrogens (primary N) is 1. The first-order valence-electron chi connectivity index (χ1n) is 7.50. The molecule has 0 spiro atoms. The summed E-state index contributed by atoms with van der Waals surface area (Å²) in [5, 5.41) is 7.71. The second kappa shape index (κ2) is 5.99. The summed E-state index contributed by atoms with van der Waals surface area (Å²) >= 11 is 0. The number of rotatable bonds is 4. The van der Waals surface area contributed by atoms with Crippen molar-refractivity contribution in [2.24, 2.45) is 5.14 Å². The molecule has 0 unspecified atom stereocenters. The van der Waals surface area contributed by atoms with Gasteiger partial charge in [-0.25, -0.2) is 17.9 Å². The second-order valence-electron chi connectivity index (χ2n) is 5.99. The van der Waals surface area contributed by atoms with Gasteiger partial charge in [0.1, 0.15) is 5.82 Å². The zero-order valence-corrected chi connectivity index (χ0v) is 13.9. The van der Waals surface area contributed by atoms with E-state index in [1.165, 1.54) is 24.3 Å². The minimum Gasteiger partial charge on any atom is -0.322 e. The van der Waals surface area contributed by atoms with Crippen LogP contribution in [0.5, 0.6) is 0 Å². The van der Waals surface area contributed by atoms with Gasteiger partial charge in [-0.1, -0.05) is 6.07 Å². The van der Waals surface area contributed by atoms with Gasteiger partial charge in [-0.05, 0) is 67.1 Å². The van der Waals surface area contributed by atoms with Gasteiger partial charge in [0.2, 0.25) is 10.0 Å². The van der Waals surface area contributed by atoms with Gasteiger partial charge in [-0.3, -0.25) is 4.79 Å². The molecule has 126 valence electrons. The molecule has 3 N–H and O–H groups in total. The molecule has 5 nitrogen and oxygen atoms in total. The topological polar surface area (TPSA) is 89.3 Å². The monoisotopic (exact) mass is 348 g/mol. The van der Waals surface area contributed by atoms with E-state index >= 15 is 0 Å². The third-order valence-electron chi connectivity index (χ3n) is 4.02. The molecule has 1 aliphatic carbocycles. The molecular weight excluding hydrogens is 331 g/mol. The fourth-order valence-corrected chi connectivity index (χ4v) is 3.41. The number of carbonyl (C=O) groups excluding carboxylic acids is 1. The van der Waals surface area contributed by atoms with Gasteiger partial charge in [0.05, 0.1) is 4.90 Å². The molecule has 2 aromatic rings. The van der Waals surface area contributed by atoms with E-state index < -0.39 is 15.9 Å². The minimum absolute atomic E-state index is 0.0288. The zero-order valence-electron chi connectivity index (χ0n) is 13.0. The molecule has 0 heterocycles. The van der Waals surface area contributed by atoms with Crippen LogP contribution < -0.4 is 10.5 Å². The van der Waals surface area contributed by atoms with Crippen molar-refractivity contribution < 1.29 is 17.6 Å². The molecule has 1 amide bonds. The fourth-order valence-electron chi connectivity index (χ4n) is 2.64. The number of benzene rings is 2. The van der Waals surface area contributed by atoms with Crippen molar-refractivity contribution in [2.75, 3.05) is 5.32 Å². The first-order valence-corrected chi connectivity index (χ1v) is 9.04. The lowest BCUT2D eigenvalue weighted by Gasteiger charge is -2.09. The Morgan fingerprint density at radius 3 is 2.46 bits per heavy atom. The van der Waals surface area contributed by atoms with Crippen molar-refractivity contribution in [2.45, 2.75) is 30.6 Å². The van der Waals surface area contributed by atoms with Gasteiger partial charge < -0.3 is 5.32 Å². The minimum atomic E-state index is -3.83. The lowest BCUT2D eigenvalue weighted by molar-refractivity contribution is 0.102. The number of hydrogen-bond acceptors (Lipinski definition) is 3. The van der Waals surface area contributed by atoms with Crippen LogP contribution in [0.4, 0.5) is 10.1 Å². The highest BCUT2D eigenvalue weighted by atomic mass is 32.2. The number of anilines is 1. The number of hydrogen-bond donors (Lipinski definition) is 2. The summed E-state index contributed by atoms with van der Waals surface area (Å²) in [6, 6.07) is 8.76. The van der Waals surface area contributed by atoms with E-state index in [0.29, 0.717) is 22.7 Å². The Kier molecular flexibility index (Phi) is 4.15. The summed E-state index contributed by atoms with van der Waals surface area (Å²) in [7, 11) is -3.83. The van der Waals surface area contributed by atoms with E-state index in [1.807, 2.05) is 0 Å². The molecule has 0 saturated heterocycles. The first-order chi connectivity index (χ1) is 11.3. The smallest absolute Gasteiger partial charge is 0.255 e. The molecule has 2 aromatic carbocycles. The van der Waals surface area contributed by atoms with E-state index in [2.05, 4.69) is 5.32 Å². The van der Waals surface area contributed by atoms with E-state index in [1.54, 1.807) is 19.1 Å². The number of carbonyl (C=O) groups is 1. The van der Waals surface area contributed by atoms with E-state index in [9.17, 15) is 17.6 Å². The zero-order chi connectivity index (χ0) is 17.5. The largest absolute Gasteiger partial charge is 0.322 e. The standard InChI is InChI=1S/C17H17FN2O3S/c1-10-8-12(4-7-16(10)24(19,22)23)17(21)20-13-5-6-14(11-2-3-11)15(18)9-13/h4-9,11H,2-3H2,1H3,(H,20,21)(H2,19,22,23). The Bertz CT molecular complexity index is 921. The molecule has 1 fully saturated rings. The van der Waals surface area contributed by atoms with Crippen LogP contribution in [0, 0.1) is 12.7 Å². The second-order valence-corrected chi connectivity index (χ2v) is 7.52. The van der Waals surface area contributed by atoms with Crippen LogP contribution in [0.25, 0.3) is 0 Å². The molecule has 0 bridgehead atoms. The van der Waals surface area contributed by atoms with Gasteiger partial charge in [0, 0.05) is 11.3 Å². The summed E-state index contributed by atoms with van der Waals surface area (Å²) in [5.41, 5.74) is 1.68. The number of aryl methyl sites for hydroxylation is 1. The maximum Gasteiger partial charge on any atom is 0.255 e. The van der Waals surface area contributed by atoms with Crippen LogP contribution in [0.1, 0.15) is 40.2 Å². The Balaban J connectivity index is 1.80. The van der Waals surface area contributed by atoms with Crippen LogP contribution in [-0.4, -0.2) is 14.3 Å². The number of halogens is 1. The third-order valence-corrected chi connectivity index (χ3v) is 5.09. The van der Waals surface area contributed by atoms with Crippen molar-refractivity contribution >= 4 is 21.6 Å². The van der Waals surface area contributed by atoms with E-state index in [-0.39, 0.29) is 16.3 Å². The van der Waals surface area contributed by atoms with Crippen LogP contribution in [-0.2, 0) is 10.0 Å². The molecule has 1 aliphatic rings. The van der Waals surface area contributed by atoms with Crippen molar-refractivity contribution in [3.63, 3.8) is 0 Å².